The molecule has 1 unspecified atom stereocenters. The summed E-state index contributed by atoms with van der Waals surface area (Å²) in [6.45, 7) is 5.63. The van der Waals surface area contributed by atoms with Crippen molar-refractivity contribution in [1.82, 2.24) is 9.80 Å². The minimum atomic E-state index is -0.369. The first kappa shape index (κ1) is 18.6. The third-order valence-corrected chi connectivity index (χ3v) is 5.06. The summed E-state index contributed by atoms with van der Waals surface area (Å²) < 4.78 is 5.19. The maximum atomic E-state index is 12.9. The number of carbonyl (C=O) groups excluding carboxylic acids is 2. The van der Waals surface area contributed by atoms with Gasteiger partial charge in [0.2, 0.25) is 5.91 Å². The topological polar surface area (TPSA) is 49.9 Å². The first-order chi connectivity index (χ1) is 11.6. The van der Waals surface area contributed by atoms with E-state index in [2.05, 4.69) is 13.8 Å². The van der Waals surface area contributed by atoms with Crippen LogP contribution in [0, 0.1) is 0 Å². The highest BCUT2D eigenvalue weighted by Crippen LogP contribution is 2.26. The normalized spacial score (nSPS) is 17.0. The largest absolute Gasteiger partial charge is 0.497 e. The molecule has 0 aromatic heterocycles. The first-order valence-electron chi connectivity index (χ1n) is 8.43. The van der Waals surface area contributed by atoms with Gasteiger partial charge >= 0.3 is 0 Å². The molecule has 0 bridgehead atoms. The van der Waals surface area contributed by atoms with Crippen LogP contribution in [0.2, 0.25) is 0 Å². The number of rotatable bonds is 7. The first-order valence-corrected chi connectivity index (χ1v) is 9.59. The lowest BCUT2D eigenvalue weighted by Crippen LogP contribution is -2.49. The number of nitrogens with zero attached hydrogens (tertiary/aromatic N) is 2. The van der Waals surface area contributed by atoms with Crippen LogP contribution in [0.4, 0.5) is 0 Å². The summed E-state index contributed by atoms with van der Waals surface area (Å²) in [5.41, 5.74) is 0.562. The Morgan fingerprint density at radius 2 is 2.00 bits per heavy atom. The summed E-state index contributed by atoms with van der Waals surface area (Å²) in [7, 11) is 1.58. The van der Waals surface area contributed by atoms with Gasteiger partial charge in [0, 0.05) is 24.4 Å². The second-order valence-electron chi connectivity index (χ2n) is 5.85. The molecule has 0 spiro atoms. The van der Waals surface area contributed by atoms with Crippen LogP contribution in [0.3, 0.4) is 0 Å². The van der Waals surface area contributed by atoms with Crippen LogP contribution < -0.4 is 4.74 Å². The molecule has 1 atom stereocenters. The van der Waals surface area contributed by atoms with Gasteiger partial charge in [-0.2, -0.15) is 0 Å². The van der Waals surface area contributed by atoms with Gasteiger partial charge < -0.3 is 14.5 Å². The Bertz CT molecular complexity index is 573. The summed E-state index contributed by atoms with van der Waals surface area (Å²) in [6.07, 6.45) is 1.85. The Kier molecular flexibility index (Phi) is 6.97. The molecule has 0 saturated carbocycles. The van der Waals surface area contributed by atoms with Crippen molar-refractivity contribution in [1.29, 1.82) is 0 Å². The van der Waals surface area contributed by atoms with Crippen molar-refractivity contribution in [3.05, 3.63) is 29.8 Å². The molecule has 0 radical (unpaired) electrons. The third-order valence-electron chi connectivity index (χ3n) is 4.04. The molecule has 6 heteroatoms. The molecule has 2 rings (SSSR count). The van der Waals surface area contributed by atoms with E-state index in [0.717, 1.165) is 25.9 Å². The van der Waals surface area contributed by atoms with E-state index in [0.29, 0.717) is 22.9 Å². The standard InChI is InChI=1S/C18H26N2O3S/c1-4-9-19(10-5-2)18(22)16-12-24-13-20(16)17(21)14-7-6-8-15(11-14)23-3/h6-8,11,16H,4-5,9-10,12-13H2,1-3H3. The van der Waals surface area contributed by atoms with Crippen LogP contribution in [0.15, 0.2) is 24.3 Å². The number of ether oxygens (including phenoxy) is 1. The van der Waals surface area contributed by atoms with Gasteiger partial charge in [0.05, 0.1) is 13.0 Å². The lowest BCUT2D eigenvalue weighted by molar-refractivity contribution is -0.135. The lowest BCUT2D eigenvalue weighted by Gasteiger charge is -2.29. The quantitative estimate of drug-likeness (QED) is 0.759. The molecule has 0 aliphatic carbocycles. The molecule has 132 valence electrons. The zero-order chi connectivity index (χ0) is 17.5. The fourth-order valence-electron chi connectivity index (χ4n) is 2.85. The van der Waals surface area contributed by atoms with E-state index in [1.165, 1.54) is 0 Å². The fraction of sp³-hybridized carbons (Fsp3) is 0.556. The van der Waals surface area contributed by atoms with E-state index in [1.807, 2.05) is 11.0 Å². The van der Waals surface area contributed by atoms with Gasteiger partial charge in [0.15, 0.2) is 0 Å². The highest BCUT2D eigenvalue weighted by atomic mass is 32.2. The van der Waals surface area contributed by atoms with E-state index >= 15 is 0 Å². The van der Waals surface area contributed by atoms with Gasteiger partial charge in [-0.25, -0.2) is 0 Å². The lowest BCUT2D eigenvalue weighted by atomic mass is 10.1. The molecule has 1 aliphatic rings. The Balaban J connectivity index is 2.16. The monoisotopic (exact) mass is 350 g/mol. The second kappa shape index (κ2) is 8.97. The SMILES string of the molecule is CCCN(CCC)C(=O)C1CSCN1C(=O)c1cccc(OC)c1. The number of amides is 2. The molecule has 1 aromatic carbocycles. The van der Waals surface area contributed by atoms with Crippen LogP contribution in [0.5, 0.6) is 5.75 Å². The average Bonchev–Trinajstić information content (AvgIpc) is 3.10. The Morgan fingerprint density at radius 1 is 1.29 bits per heavy atom. The maximum absolute atomic E-state index is 12.9. The Labute approximate surface area is 148 Å². The fourth-order valence-corrected chi connectivity index (χ4v) is 4.00. The number of carbonyl (C=O) groups is 2. The van der Waals surface area contributed by atoms with Crippen molar-refractivity contribution in [2.75, 3.05) is 31.8 Å². The van der Waals surface area contributed by atoms with Gasteiger partial charge in [0.25, 0.3) is 5.91 Å². The molecule has 1 saturated heterocycles. The van der Waals surface area contributed by atoms with Crippen LogP contribution >= 0.6 is 11.8 Å². The van der Waals surface area contributed by atoms with Gasteiger partial charge in [-0.05, 0) is 31.0 Å². The van der Waals surface area contributed by atoms with Gasteiger partial charge in [0.1, 0.15) is 11.8 Å². The van der Waals surface area contributed by atoms with E-state index in [1.54, 1.807) is 42.0 Å². The maximum Gasteiger partial charge on any atom is 0.255 e. The highest BCUT2D eigenvalue weighted by Gasteiger charge is 2.37. The summed E-state index contributed by atoms with van der Waals surface area (Å²) >= 11 is 1.63. The van der Waals surface area contributed by atoms with Gasteiger partial charge in [-0.1, -0.05) is 19.9 Å². The van der Waals surface area contributed by atoms with Crippen LogP contribution in [0.25, 0.3) is 0 Å². The summed E-state index contributed by atoms with van der Waals surface area (Å²) in [6, 6.07) is 6.73. The molecule has 24 heavy (non-hydrogen) atoms. The molecule has 0 N–H and O–H groups in total. The smallest absolute Gasteiger partial charge is 0.255 e. The van der Waals surface area contributed by atoms with Crippen molar-refractivity contribution in [3.8, 4) is 5.75 Å². The molecule has 1 fully saturated rings. The summed E-state index contributed by atoms with van der Waals surface area (Å²) in [5.74, 6) is 1.83. The number of thioether (sulfide) groups is 1. The minimum Gasteiger partial charge on any atom is -0.497 e. The van der Waals surface area contributed by atoms with Crippen molar-refractivity contribution < 1.29 is 14.3 Å². The van der Waals surface area contributed by atoms with Crippen molar-refractivity contribution in [3.63, 3.8) is 0 Å². The number of hydrogen-bond acceptors (Lipinski definition) is 4. The third kappa shape index (κ3) is 4.23. The molecular formula is C18H26N2O3S. The van der Waals surface area contributed by atoms with E-state index < -0.39 is 0 Å². The highest BCUT2D eigenvalue weighted by molar-refractivity contribution is 7.99. The van der Waals surface area contributed by atoms with Gasteiger partial charge in [-0.3, -0.25) is 9.59 Å². The van der Waals surface area contributed by atoms with Crippen LogP contribution in [-0.4, -0.2) is 59.5 Å². The molecule has 1 aliphatic heterocycles. The van der Waals surface area contributed by atoms with Crippen molar-refractivity contribution >= 4 is 23.6 Å². The van der Waals surface area contributed by atoms with E-state index in [9.17, 15) is 9.59 Å². The predicted octanol–water partition coefficient (Wildman–Crippen LogP) is 2.86. The van der Waals surface area contributed by atoms with Gasteiger partial charge in [-0.15, -0.1) is 11.8 Å². The van der Waals surface area contributed by atoms with Crippen molar-refractivity contribution in [2.45, 2.75) is 32.7 Å². The molecular weight excluding hydrogens is 324 g/mol. The van der Waals surface area contributed by atoms with Crippen molar-refractivity contribution in [2.24, 2.45) is 0 Å². The molecule has 1 aromatic rings. The van der Waals surface area contributed by atoms with E-state index in [-0.39, 0.29) is 17.9 Å². The number of benzene rings is 1. The Hall–Kier alpha value is -1.69. The summed E-state index contributed by atoms with van der Waals surface area (Å²) in [4.78, 5) is 29.3. The number of methoxy groups -OCH3 is 1. The number of hydrogen-bond donors (Lipinski definition) is 0. The Morgan fingerprint density at radius 3 is 2.62 bits per heavy atom. The minimum absolute atomic E-state index is 0.0694. The van der Waals surface area contributed by atoms with Crippen LogP contribution in [0.1, 0.15) is 37.0 Å². The summed E-state index contributed by atoms with van der Waals surface area (Å²) in [5, 5.41) is 0. The average molecular weight is 350 g/mol. The zero-order valence-electron chi connectivity index (χ0n) is 14.7. The van der Waals surface area contributed by atoms with E-state index in [4.69, 9.17) is 4.74 Å². The zero-order valence-corrected chi connectivity index (χ0v) is 15.5. The molecule has 5 nitrogen and oxygen atoms in total. The molecule has 1 heterocycles. The molecule has 2 amide bonds. The second-order valence-corrected chi connectivity index (χ2v) is 6.85. The predicted molar refractivity (Wildman–Crippen MR) is 97.4 cm³/mol. The van der Waals surface area contributed by atoms with Crippen LogP contribution in [-0.2, 0) is 4.79 Å².